The summed E-state index contributed by atoms with van der Waals surface area (Å²) in [7, 11) is -3.86. The second-order valence-electron chi connectivity index (χ2n) is 4.95. The summed E-state index contributed by atoms with van der Waals surface area (Å²) in [4.78, 5) is 22.5. The molecular weight excluding hydrogens is 362 g/mol. The van der Waals surface area contributed by atoms with Crippen molar-refractivity contribution in [3.8, 4) is 0 Å². The molecule has 21 heavy (non-hydrogen) atoms. The van der Waals surface area contributed by atoms with Crippen molar-refractivity contribution in [3.63, 3.8) is 0 Å². The highest BCUT2D eigenvalue weighted by Gasteiger charge is 2.25. The van der Waals surface area contributed by atoms with Crippen LogP contribution in [0.4, 0.5) is 0 Å². The van der Waals surface area contributed by atoms with Crippen LogP contribution in [-0.4, -0.2) is 37.7 Å². The number of amides is 1. The van der Waals surface area contributed by atoms with Gasteiger partial charge in [-0.25, -0.2) is 13.2 Å². The smallest absolute Gasteiger partial charge is 0.336 e. The van der Waals surface area contributed by atoms with Crippen LogP contribution < -0.4 is 5.32 Å². The van der Waals surface area contributed by atoms with E-state index < -0.39 is 27.5 Å². The lowest BCUT2D eigenvalue weighted by atomic mass is 10.2. The molecule has 1 aliphatic rings. The number of rotatable bonds is 6. The van der Waals surface area contributed by atoms with Crippen LogP contribution in [0.2, 0.25) is 0 Å². The van der Waals surface area contributed by atoms with Crippen LogP contribution in [0.3, 0.4) is 0 Å². The Kier molecular flexibility index (Phi) is 4.67. The van der Waals surface area contributed by atoms with Crippen LogP contribution in [0, 0.1) is 5.92 Å². The molecule has 2 N–H and O–H groups in total. The Morgan fingerprint density at radius 3 is 2.57 bits per heavy atom. The van der Waals surface area contributed by atoms with Gasteiger partial charge in [0.15, 0.2) is 9.84 Å². The molecule has 1 amide bonds. The second kappa shape index (κ2) is 6.15. The third kappa shape index (κ3) is 4.28. The zero-order valence-corrected chi connectivity index (χ0v) is 13.4. The SMILES string of the molecule is O=C(CS(=O)(=O)c1ccc(Br)c(C(=O)O)c1)NCC1CC1. The molecule has 0 saturated heterocycles. The average Bonchev–Trinajstić information content (AvgIpc) is 3.19. The molecule has 1 aliphatic carbocycles. The molecule has 0 heterocycles. The van der Waals surface area contributed by atoms with E-state index in [4.69, 9.17) is 5.11 Å². The maximum atomic E-state index is 12.1. The summed E-state index contributed by atoms with van der Waals surface area (Å²) in [5, 5.41) is 11.6. The van der Waals surface area contributed by atoms with E-state index in [0.29, 0.717) is 12.5 Å². The van der Waals surface area contributed by atoms with Crippen molar-refractivity contribution in [2.75, 3.05) is 12.3 Å². The quantitative estimate of drug-likeness (QED) is 0.783. The first-order valence-electron chi connectivity index (χ1n) is 6.32. The molecular formula is C13H14BrNO5S. The van der Waals surface area contributed by atoms with Crippen LogP contribution in [0.25, 0.3) is 0 Å². The van der Waals surface area contributed by atoms with E-state index in [1.807, 2.05) is 0 Å². The highest BCUT2D eigenvalue weighted by atomic mass is 79.9. The number of carbonyl (C=O) groups is 2. The molecule has 1 aromatic rings. The molecule has 2 rings (SSSR count). The maximum Gasteiger partial charge on any atom is 0.336 e. The highest BCUT2D eigenvalue weighted by molar-refractivity contribution is 9.10. The third-order valence-corrected chi connectivity index (χ3v) is 5.44. The van der Waals surface area contributed by atoms with Gasteiger partial charge in [-0.15, -0.1) is 0 Å². The van der Waals surface area contributed by atoms with Crippen molar-refractivity contribution >= 4 is 37.6 Å². The molecule has 1 fully saturated rings. The van der Waals surface area contributed by atoms with Gasteiger partial charge in [0, 0.05) is 11.0 Å². The lowest BCUT2D eigenvalue weighted by Crippen LogP contribution is -2.31. The first-order chi connectivity index (χ1) is 9.79. The fourth-order valence-electron chi connectivity index (χ4n) is 1.75. The van der Waals surface area contributed by atoms with Gasteiger partial charge >= 0.3 is 5.97 Å². The molecule has 0 atom stereocenters. The summed E-state index contributed by atoms with van der Waals surface area (Å²) in [5.74, 6) is -2.03. The number of nitrogens with one attached hydrogen (secondary N) is 1. The minimum Gasteiger partial charge on any atom is -0.478 e. The van der Waals surface area contributed by atoms with Crippen molar-refractivity contribution in [3.05, 3.63) is 28.2 Å². The van der Waals surface area contributed by atoms with E-state index in [-0.39, 0.29) is 14.9 Å². The standard InChI is InChI=1S/C13H14BrNO5S/c14-11-4-3-9(5-10(11)13(17)18)21(19,20)7-12(16)15-6-8-1-2-8/h3-5,8H,1-2,6-7H2,(H,15,16)(H,17,18). The van der Waals surface area contributed by atoms with Crippen molar-refractivity contribution < 1.29 is 23.1 Å². The van der Waals surface area contributed by atoms with Crippen LogP contribution in [-0.2, 0) is 14.6 Å². The molecule has 0 radical (unpaired) electrons. The number of carboxylic acid groups (broad SMARTS) is 1. The van der Waals surface area contributed by atoms with E-state index >= 15 is 0 Å². The van der Waals surface area contributed by atoms with Gasteiger partial charge in [-0.05, 0) is 52.9 Å². The monoisotopic (exact) mass is 375 g/mol. The van der Waals surface area contributed by atoms with Crippen molar-refractivity contribution in [1.82, 2.24) is 5.32 Å². The Hall–Kier alpha value is -1.41. The first-order valence-corrected chi connectivity index (χ1v) is 8.76. The fraction of sp³-hybridized carbons (Fsp3) is 0.385. The topological polar surface area (TPSA) is 101 Å². The van der Waals surface area contributed by atoms with Gasteiger partial charge < -0.3 is 10.4 Å². The Balaban J connectivity index is 2.12. The number of hydrogen-bond donors (Lipinski definition) is 2. The molecule has 1 saturated carbocycles. The number of halogens is 1. The minimum absolute atomic E-state index is 0.158. The van der Waals surface area contributed by atoms with E-state index in [1.54, 1.807) is 0 Å². The molecule has 8 heteroatoms. The van der Waals surface area contributed by atoms with E-state index in [0.717, 1.165) is 18.9 Å². The fourth-order valence-corrected chi connectivity index (χ4v) is 3.35. The molecule has 6 nitrogen and oxygen atoms in total. The minimum atomic E-state index is -3.86. The summed E-state index contributed by atoms with van der Waals surface area (Å²) >= 11 is 3.04. The van der Waals surface area contributed by atoms with Gasteiger partial charge in [0.25, 0.3) is 0 Å². The molecule has 0 aromatic heterocycles. The third-order valence-electron chi connectivity index (χ3n) is 3.13. The van der Waals surface area contributed by atoms with Crippen molar-refractivity contribution in [1.29, 1.82) is 0 Å². The van der Waals surface area contributed by atoms with Crippen LogP contribution in [0.15, 0.2) is 27.6 Å². The van der Waals surface area contributed by atoms with Gasteiger partial charge in [-0.2, -0.15) is 0 Å². The first kappa shape index (κ1) is 16.0. The predicted molar refractivity (Wildman–Crippen MR) is 78.9 cm³/mol. The number of aromatic carboxylic acids is 1. The van der Waals surface area contributed by atoms with Gasteiger partial charge in [0.1, 0.15) is 5.75 Å². The van der Waals surface area contributed by atoms with E-state index in [1.165, 1.54) is 12.1 Å². The van der Waals surface area contributed by atoms with Crippen molar-refractivity contribution in [2.24, 2.45) is 5.92 Å². The van der Waals surface area contributed by atoms with Gasteiger partial charge in [-0.3, -0.25) is 4.79 Å². The molecule has 0 aliphatic heterocycles. The summed E-state index contributed by atoms with van der Waals surface area (Å²) in [5.41, 5.74) is -0.158. The zero-order valence-electron chi connectivity index (χ0n) is 11.0. The Morgan fingerprint density at radius 1 is 1.33 bits per heavy atom. The Bertz CT molecular complexity index is 682. The van der Waals surface area contributed by atoms with Crippen molar-refractivity contribution in [2.45, 2.75) is 17.7 Å². The zero-order chi connectivity index (χ0) is 15.6. The van der Waals surface area contributed by atoms with E-state index in [2.05, 4.69) is 21.2 Å². The second-order valence-corrected chi connectivity index (χ2v) is 7.80. The predicted octanol–water partition coefficient (Wildman–Crippen LogP) is 1.45. The van der Waals surface area contributed by atoms with Crippen LogP contribution >= 0.6 is 15.9 Å². The van der Waals surface area contributed by atoms with E-state index in [9.17, 15) is 18.0 Å². The normalized spacial score (nSPS) is 14.7. The molecule has 114 valence electrons. The number of benzene rings is 1. The number of carbonyl (C=O) groups excluding carboxylic acids is 1. The van der Waals surface area contributed by atoms with Gasteiger partial charge in [0.05, 0.1) is 10.5 Å². The van der Waals surface area contributed by atoms with Gasteiger partial charge in [-0.1, -0.05) is 0 Å². The molecule has 0 unspecified atom stereocenters. The highest BCUT2D eigenvalue weighted by Crippen LogP contribution is 2.27. The summed E-state index contributed by atoms with van der Waals surface area (Å²) in [6.07, 6.45) is 2.11. The van der Waals surface area contributed by atoms with Gasteiger partial charge in [0.2, 0.25) is 5.91 Å². The number of carboxylic acids is 1. The Labute approximate surface area is 130 Å². The molecule has 0 bridgehead atoms. The molecule has 1 aromatic carbocycles. The largest absolute Gasteiger partial charge is 0.478 e. The summed E-state index contributed by atoms with van der Waals surface area (Å²) < 4.78 is 24.5. The number of sulfone groups is 1. The Morgan fingerprint density at radius 2 is 2.00 bits per heavy atom. The summed E-state index contributed by atoms with van der Waals surface area (Å²) in [6.45, 7) is 0.495. The maximum absolute atomic E-state index is 12.1. The average molecular weight is 376 g/mol. The lowest BCUT2D eigenvalue weighted by Gasteiger charge is -2.07. The lowest BCUT2D eigenvalue weighted by molar-refractivity contribution is -0.118. The summed E-state index contributed by atoms with van der Waals surface area (Å²) in [6, 6.07) is 3.67. The number of hydrogen-bond acceptors (Lipinski definition) is 4. The van der Waals surface area contributed by atoms with Crippen LogP contribution in [0.5, 0.6) is 0 Å². The van der Waals surface area contributed by atoms with Crippen LogP contribution in [0.1, 0.15) is 23.2 Å². The molecule has 0 spiro atoms.